The van der Waals surface area contributed by atoms with Crippen LogP contribution in [0.25, 0.3) is 0 Å². The van der Waals surface area contributed by atoms with Gasteiger partial charge in [-0.1, -0.05) is 0 Å². The van der Waals surface area contributed by atoms with Crippen molar-refractivity contribution in [3.8, 4) is 0 Å². The fourth-order valence-corrected chi connectivity index (χ4v) is 0. The van der Waals surface area contributed by atoms with E-state index in [1.165, 1.54) is 0 Å². The van der Waals surface area contributed by atoms with E-state index < -0.39 is 0 Å². The second-order valence-corrected chi connectivity index (χ2v) is 23.0. The Bertz CT molecular complexity index is 67.7. The summed E-state index contributed by atoms with van der Waals surface area (Å²) in [5.74, 6) is 0. The molecule has 0 bridgehead atoms. The van der Waals surface area contributed by atoms with Crippen molar-refractivity contribution >= 4 is 12.4 Å². The van der Waals surface area contributed by atoms with Gasteiger partial charge in [0.25, 0.3) is 0 Å². The molecule has 0 atom stereocenters. The molecule has 0 heterocycles. The van der Waals surface area contributed by atoms with Crippen molar-refractivity contribution in [1.29, 1.82) is 0 Å². The Morgan fingerprint density at radius 2 is 1.80 bits per heavy atom. The molecule has 2 radical (unpaired) electrons. The van der Waals surface area contributed by atoms with Crippen LogP contribution < -0.4 is 0 Å². The summed E-state index contributed by atoms with van der Waals surface area (Å²) in [5.41, 5.74) is 0.234. The van der Waals surface area contributed by atoms with Crippen LogP contribution >= 0.6 is 0 Å². The van der Waals surface area contributed by atoms with Gasteiger partial charge >= 0.3 is 45.7 Å². The molecule has 26 valence electrons. The van der Waals surface area contributed by atoms with Crippen LogP contribution in [0.15, 0.2) is 0 Å². The van der Waals surface area contributed by atoms with Crippen molar-refractivity contribution in [2.45, 2.75) is 13.1 Å². The van der Waals surface area contributed by atoms with Crippen LogP contribution in [0, 0.1) is 0 Å². The van der Waals surface area contributed by atoms with Gasteiger partial charge in [0.1, 0.15) is 0 Å². The molecular formula is C2H6HfSi2. The van der Waals surface area contributed by atoms with Crippen molar-refractivity contribution in [3.63, 3.8) is 0 Å². The van der Waals surface area contributed by atoms with E-state index >= 15 is 0 Å². The van der Waals surface area contributed by atoms with E-state index in [-0.39, 0.29) is 25.7 Å². The minimum atomic E-state index is -0.127. The molecule has 0 aliphatic heterocycles. The van der Waals surface area contributed by atoms with E-state index in [9.17, 15) is 0 Å². The standard InChI is InChI=1S/C2H6Si.Hf.Si/c1-3-2;;/h1-2H3;;. The predicted octanol–water partition coefficient (Wildman–Crippen LogP) is 0.403. The van der Waals surface area contributed by atoms with Crippen molar-refractivity contribution in [2.24, 2.45) is 0 Å². The Morgan fingerprint density at radius 1 is 1.60 bits per heavy atom. The molecule has 0 aliphatic rings. The summed E-state index contributed by atoms with van der Waals surface area (Å²) in [6.45, 7) is 8.32. The van der Waals surface area contributed by atoms with Crippen molar-refractivity contribution in [1.82, 2.24) is 0 Å². The van der Waals surface area contributed by atoms with Crippen molar-refractivity contribution in [3.05, 3.63) is 0 Å². The molecule has 0 saturated heterocycles. The van der Waals surface area contributed by atoms with Crippen LogP contribution in [-0.2, 0) is 20.2 Å². The van der Waals surface area contributed by atoms with E-state index in [1.807, 2.05) is 0 Å². The molecule has 3 heteroatoms. The Labute approximate surface area is 45.6 Å². The van der Waals surface area contributed by atoms with Crippen LogP contribution in [0.3, 0.4) is 0 Å². The first kappa shape index (κ1) is 6.30. The first-order chi connectivity index (χ1) is 2.27. The maximum absolute atomic E-state index is 3.59. The van der Waals surface area contributed by atoms with Gasteiger partial charge < -0.3 is 0 Å². The maximum atomic E-state index is 3.59. The van der Waals surface area contributed by atoms with E-state index in [0.29, 0.717) is 0 Å². The first-order valence-corrected chi connectivity index (χ1v) is 15.3. The first-order valence-electron chi connectivity index (χ1n) is 1.50. The summed E-state index contributed by atoms with van der Waals surface area (Å²) >= 11 is -0.127. The van der Waals surface area contributed by atoms with Gasteiger partial charge in [0.15, 0.2) is 0 Å². The number of hydrogen-bond donors (Lipinski definition) is 0. The van der Waals surface area contributed by atoms with Gasteiger partial charge in [-0.25, -0.2) is 0 Å². The molecule has 5 heavy (non-hydrogen) atoms. The SMILES string of the molecule is C[Si](C)=[Hf]=[Si]. The van der Waals surface area contributed by atoms with E-state index in [1.54, 1.807) is 0 Å². The van der Waals surface area contributed by atoms with E-state index in [4.69, 9.17) is 0 Å². The van der Waals surface area contributed by atoms with Gasteiger partial charge in [0.2, 0.25) is 0 Å². The number of hydrogen-bond acceptors (Lipinski definition) is 0. The summed E-state index contributed by atoms with van der Waals surface area (Å²) in [6.07, 6.45) is 0. The van der Waals surface area contributed by atoms with Gasteiger partial charge in [-0.05, 0) is 0 Å². The molecule has 0 fully saturated rings. The van der Waals surface area contributed by atoms with Crippen LogP contribution in [0.4, 0.5) is 0 Å². The van der Waals surface area contributed by atoms with Crippen LogP contribution in [0.2, 0.25) is 13.1 Å². The fraction of sp³-hybridized carbons (Fsp3) is 1.00. The second kappa shape index (κ2) is 3.49. The predicted molar refractivity (Wildman–Crippen MR) is 23.2 cm³/mol. The minimum absolute atomic E-state index is 0.127. The zero-order valence-corrected chi connectivity index (χ0v) is 9.09. The zero-order valence-electron chi connectivity index (χ0n) is 3.50. The normalized spacial score (nSPS) is 6.00. The summed E-state index contributed by atoms with van der Waals surface area (Å²) in [4.78, 5) is 0. The third-order valence-electron chi connectivity index (χ3n) is 0.250. The molecule has 0 amide bonds. The molecule has 0 saturated carbocycles. The molecule has 0 unspecified atom stereocenters. The third-order valence-corrected chi connectivity index (χ3v) is 18.4. The van der Waals surface area contributed by atoms with E-state index in [2.05, 4.69) is 20.0 Å². The average molecular weight is 265 g/mol. The molecule has 0 aromatic carbocycles. The molecular weight excluding hydrogens is 259 g/mol. The van der Waals surface area contributed by atoms with Gasteiger partial charge in [-0.2, -0.15) is 0 Å². The molecule has 0 rings (SSSR count). The number of rotatable bonds is 0. The van der Waals surface area contributed by atoms with Gasteiger partial charge in [-0.3, -0.25) is 0 Å². The summed E-state index contributed by atoms with van der Waals surface area (Å²) in [6, 6.07) is 0. The molecule has 0 nitrogen and oxygen atoms in total. The molecule has 0 spiro atoms. The Morgan fingerprint density at radius 3 is 1.80 bits per heavy atom. The van der Waals surface area contributed by atoms with Crippen molar-refractivity contribution in [2.75, 3.05) is 0 Å². The topological polar surface area (TPSA) is 0 Å². The third kappa shape index (κ3) is 5.30. The van der Waals surface area contributed by atoms with Crippen LogP contribution in [-0.4, -0.2) is 12.4 Å². The van der Waals surface area contributed by atoms with Gasteiger partial charge in [-0.15, -0.1) is 0 Å². The average Bonchev–Trinajstić information content (AvgIpc) is 1.38. The summed E-state index contributed by atoms with van der Waals surface area (Å²) in [7, 11) is 0. The van der Waals surface area contributed by atoms with Crippen LogP contribution in [0.1, 0.15) is 0 Å². The second-order valence-electron chi connectivity index (χ2n) is 1.12. The Balaban J connectivity index is 3.60. The summed E-state index contributed by atoms with van der Waals surface area (Å²) in [5, 5.41) is 0. The Kier molecular flexibility index (Phi) is 4.40. The molecule has 0 aliphatic carbocycles. The molecule has 0 N–H and O–H groups in total. The van der Waals surface area contributed by atoms with E-state index in [0.717, 1.165) is 0 Å². The van der Waals surface area contributed by atoms with Crippen molar-refractivity contribution < 1.29 is 20.2 Å². The summed E-state index contributed by atoms with van der Waals surface area (Å²) < 4.78 is 0. The molecule has 0 aromatic rings. The zero-order chi connectivity index (χ0) is 4.28. The van der Waals surface area contributed by atoms with Gasteiger partial charge in [0, 0.05) is 0 Å². The Hall–Kier alpha value is 1.30. The fourth-order valence-electron chi connectivity index (χ4n) is 0. The van der Waals surface area contributed by atoms with Gasteiger partial charge in [0.05, 0.1) is 0 Å². The molecule has 0 aromatic heterocycles. The monoisotopic (exact) mass is 266 g/mol. The van der Waals surface area contributed by atoms with Crippen LogP contribution in [0.5, 0.6) is 0 Å². The quantitative estimate of drug-likeness (QED) is 0.556.